The molecule has 0 bridgehead atoms. The summed E-state index contributed by atoms with van der Waals surface area (Å²) in [6, 6.07) is 10.2. The highest BCUT2D eigenvalue weighted by Crippen LogP contribution is 2.21. The van der Waals surface area contributed by atoms with Gasteiger partial charge in [0, 0.05) is 24.7 Å². The summed E-state index contributed by atoms with van der Waals surface area (Å²) >= 11 is 0. The summed E-state index contributed by atoms with van der Waals surface area (Å²) in [6.07, 6.45) is 6.83. The first kappa shape index (κ1) is 16.3. The van der Waals surface area contributed by atoms with Crippen molar-refractivity contribution in [1.82, 2.24) is 0 Å². The van der Waals surface area contributed by atoms with Crippen LogP contribution in [0, 0.1) is 17.2 Å². The number of allylic oxidation sites excluding steroid dienone is 1. The van der Waals surface area contributed by atoms with Crippen LogP contribution in [0.3, 0.4) is 0 Å². The second kappa shape index (κ2) is 7.79. The van der Waals surface area contributed by atoms with Gasteiger partial charge in [-0.05, 0) is 36.6 Å². The molecule has 116 valence electrons. The number of anilines is 1. The number of carbonyl (C=O) groups excluding carboxylic acids is 1. The maximum Gasteiger partial charge on any atom is 0.175 e. The molecule has 1 saturated heterocycles. The lowest BCUT2D eigenvalue weighted by Gasteiger charge is -2.22. The fourth-order valence-electron chi connectivity index (χ4n) is 2.75. The lowest BCUT2D eigenvalue weighted by Crippen LogP contribution is -2.23. The molecule has 1 aromatic rings. The third-order valence-corrected chi connectivity index (χ3v) is 4.09. The quantitative estimate of drug-likeness (QED) is 0.618. The molecule has 0 atom stereocenters. The van der Waals surface area contributed by atoms with Crippen LogP contribution in [0.15, 0.2) is 29.8 Å². The Morgan fingerprint density at radius 1 is 1.14 bits per heavy atom. The summed E-state index contributed by atoms with van der Waals surface area (Å²) in [5.41, 5.74) is 2.37. The van der Waals surface area contributed by atoms with Crippen molar-refractivity contribution in [2.45, 2.75) is 39.5 Å². The summed E-state index contributed by atoms with van der Waals surface area (Å²) in [7, 11) is 0. The zero-order chi connectivity index (χ0) is 15.9. The number of nitriles is 1. The van der Waals surface area contributed by atoms with Crippen molar-refractivity contribution in [2.75, 3.05) is 18.0 Å². The van der Waals surface area contributed by atoms with Crippen LogP contribution in [0.4, 0.5) is 5.69 Å². The van der Waals surface area contributed by atoms with Crippen molar-refractivity contribution >= 4 is 17.5 Å². The molecule has 1 aliphatic rings. The summed E-state index contributed by atoms with van der Waals surface area (Å²) in [4.78, 5) is 14.4. The number of carbonyl (C=O) groups is 1. The molecule has 3 nitrogen and oxygen atoms in total. The predicted octanol–water partition coefficient (Wildman–Crippen LogP) is 4.20. The Hall–Kier alpha value is -2.08. The third-order valence-electron chi connectivity index (χ3n) is 4.09. The van der Waals surface area contributed by atoms with E-state index in [1.165, 1.54) is 31.4 Å². The summed E-state index contributed by atoms with van der Waals surface area (Å²) in [5, 5.41) is 9.15. The molecule has 1 aliphatic heterocycles. The molecule has 0 aliphatic carbocycles. The molecule has 0 aromatic heterocycles. The van der Waals surface area contributed by atoms with E-state index in [-0.39, 0.29) is 17.3 Å². The van der Waals surface area contributed by atoms with E-state index in [2.05, 4.69) is 17.0 Å². The fourth-order valence-corrected chi connectivity index (χ4v) is 2.75. The number of nitrogens with zero attached hydrogens (tertiary/aromatic N) is 2. The van der Waals surface area contributed by atoms with Crippen molar-refractivity contribution in [3.63, 3.8) is 0 Å². The van der Waals surface area contributed by atoms with Crippen LogP contribution in [0.25, 0.3) is 6.08 Å². The van der Waals surface area contributed by atoms with Gasteiger partial charge in [0.25, 0.3) is 0 Å². The van der Waals surface area contributed by atoms with E-state index in [9.17, 15) is 4.79 Å². The Balaban J connectivity index is 2.14. The van der Waals surface area contributed by atoms with Crippen molar-refractivity contribution in [1.29, 1.82) is 5.26 Å². The largest absolute Gasteiger partial charge is 0.372 e. The Bertz CT molecular complexity index is 570. The van der Waals surface area contributed by atoms with Crippen LogP contribution >= 0.6 is 0 Å². The molecular formula is C19H24N2O. The first-order valence-electron chi connectivity index (χ1n) is 8.13. The minimum Gasteiger partial charge on any atom is -0.372 e. The van der Waals surface area contributed by atoms with Crippen LogP contribution in [0.5, 0.6) is 0 Å². The molecule has 1 aromatic carbocycles. The summed E-state index contributed by atoms with van der Waals surface area (Å²) in [6.45, 7) is 5.86. The molecule has 0 amide bonds. The Labute approximate surface area is 133 Å². The van der Waals surface area contributed by atoms with Crippen LogP contribution in [0.2, 0.25) is 0 Å². The SMILES string of the molecule is CC(C)C(=O)/C(C#N)=C\c1ccc(N2CCCCCC2)cc1. The molecule has 0 N–H and O–H groups in total. The molecule has 0 unspecified atom stereocenters. The molecule has 0 spiro atoms. The van der Waals surface area contributed by atoms with Crippen molar-refractivity contribution in [2.24, 2.45) is 5.92 Å². The van der Waals surface area contributed by atoms with Gasteiger partial charge in [0.1, 0.15) is 6.07 Å². The van der Waals surface area contributed by atoms with Crippen LogP contribution in [-0.4, -0.2) is 18.9 Å². The molecule has 1 heterocycles. The van der Waals surface area contributed by atoms with E-state index < -0.39 is 0 Å². The van der Waals surface area contributed by atoms with Crippen molar-refractivity contribution < 1.29 is 4.79 Å². The number of Topliss-reactive ketones (excluding diaryl/α,β-unsaturated/α-hetero) is 1. The highest BCUT2D eigenvalue weighted by Gasteiger charge is 2.13. The van der Waals surface area contributed by atoms with Gasteiger partial charge in [-0.1, -0.05) is 38.8 Å². The van der Waals surface area contributed by atoms with Gasteiger partial charge in [0.15, 0.2) is 5.78 Å². The maximum atomic E-state index is 11.9. The number of hydrogen-bond acceptors (Lipinski definition) is 3. The maximum absolute atomic E-state index is 11.9. The monoisotopic (exact) mass is 296 g/mol. The minimum atomic E-state index is -0.151. The van der Waals surface area contributed by atoms with Gasteiger partial charge in [-0.15, -0.1) is 0 Å². The van der Waals surface area contributed by atoms with Gasteiger partial charge in [-0.3, -0.25) is 4.79 Å². The molecule has 0 radical (unpaired) electrons. The highest BCUT2D eigenvalue weighted by atomic mass is 16.1. The summed E-state index contributed by atoms with van der Waals surface area (Å²) in [5.74, 6) is -0.249. The smallest absolute Gasteiger partial charge is 0.175 e. The second-order valence-corrected chi connectivity index (χ2v) is 6.18. The van der Waals surface area contributed by atoms with E-state index in [1.54, 1.807) is 6.08 Å². The van der Waals surface area contributed by atoms with Gasteiger partial charge < -0.3 is 4.90 Å². The van der Waals surface area contributed by atoms with Gasteiger partial charge in [0.2, 0.25) is 0 Å². The average Bonchev–Trinajstić information content (AvgIpc) is 2.81. The number of ketones is 1. The first-order valence-corrected chi connectivity index (χ1v) is 8.13. The Morgan fingerprint density at radius 2 is 1.73 bits per heavy atom. The topological polar surface area (TPSA) is 44.1 Å². The molecule has 1 fully saturated rings. The van der Waals surface area contributed by atoms with Crippen molar-refractivity contribution in [3.8, 4) is 6.07 Å². The van der Waals surface area contributed by atoms with Gasteiger partial charge in [0.05, 0.1) is 5.57 Å². The van der Waals surface area contributed by atoms with E-state index >= 15 is 0 Å². The van der Waals surface area contributed by atoms with Gasteiger partial charge in [-0.2, -0.15) is 5.26 Å². The average molecular weight is 296 g/mol. The Morgan fingerprint density at radius 3 is 2.23 bits per heavy atom. The minimum absolute atomic E-state index is 0.0981. The normalized spacial score (nSPS) is 16.3. The third kappa shape index (κ3) is 4.21. The predicted molar refractivity (Wildman–Crippen MR) is 90.6 cm³/mol. The van der Waals surface area contributed by atoms with E-state index in [0.717, 1.165) is 18.7 Å². The molecule has 0 saturated carbocycles. The molecule has 22 heavy (non-hydrogen) atoms. The lowest BCUT2D eigenvalue weighted by atomic mass is 10.00. The standard InChI is InChI=1S/C19H24N2O/c1-15(2)19(22)17(14-20)13-16-7-9-18(10-8-16)21-11-5-3-4-6-12-21/h7-10,13,15H,3-6,11-12H2,1-2H3/b17-13-. The van der Waals surface area contributed by atoms with Crippen LogP contribution in [0.1, 0.15) is 45.1 Å². The number of rotatable bonds is 4. The van der Waals surface area contributed by atoms with E-state index in [1.807, 2.05) is 32.0 Å². The Kier molecular flexibility index (Phi) is 5.77. The molecule has 3 heteroatoms. The van der Waals surface area contributed by atoms with E-state index in [4.69, 9.17) is 5.26 Å². The highest BCUT2D eigenvalue weighted by molar-refractivity contribution is 6.04. The van der Waals surface area contributed by atoms with Gasteiger partial charge >= 0.3 is 0 Å². The fraction of sp³-hybridized carbons (Fsp3) is 0.474. The summed E-state index contributed by atoms with van der Waals surface area (Å²) < 4.78 is 0. The lowest BCUT2D eigenvalue weighted by molar-refractivity contribution is -0.117. The van der Waals surface area contributed by atoms with Crippen LogP contribution in [-0.2, 0) is 4.79 Å². The zero-order valence-electron chi connectivity index (χ0n) is 13.5. The number of benzene rings is 1. The molecular weight excluding hydrogens is 272 g/mol. The number of hydrogen-bond donors (Lipinski definition) is 0. The van der Waals surface area contributed by atoms with E-state index in [0.29, 0.717) is 0 Å². The first-order chi connectivity index (χ1) is 10.6. The van der Waals surface area contributed by atoms with Crippen molar-refractivity contribution in [3.05, 3.63) is 35.4 Å². The zero-order valence-corrected chi connectivity index (χ0v) is 13.5. The second-order valence-electron chi connectivity index (χ2n) is 6.18. The molecule has 2 rings (SSSR count). The van der Waals surface area contributed by atoms with Gasteiger partial charge in [-0.25, -0.2) is 0 Å². The van der Waals surface area contributed by atoms with Crippen LogP contribution < -0.4 is 4.90 Å².